The summed E-state index contributed by atoms with van der Waals surface area (Å²) < 4.78 is 22.7. The molecule has 0 aliphatic heterocycles. The molecule has 12 nitrogen and oxygen atoms in total. The Morgan fingerprint density at radius 2 is 0.794 bits per heavy atom. The molecule has 4 amide bonds. The maximum Gasteiger partial charge on any atom is 0.258 e. The molecule has 0 bridgehead atoms. The molecule has 4 aromatic carbocycles. The van der Waals surface area contributed by atoms with Crippen LogP contribution in [0.2, 0.25) is 39.2 Å². The average Bonchev–Trinajstić information content (AvgIpc) is 3.32. The lowest BCUT2D eigenvalue weighted by Crippen LogP contribution is -2.45. The number of halogens is 4. The lowest BCUT2D eigenvalue weighted by atomic mass is 9.91. The van der Waals surface area contributed by atoms with Crippen molar-refractivity contribution in [1.82, 2.24) is 21.3 Å². The first kappa shape index (κ1) is 51.8. The Hall–Kier alpha value is -5.54. The van der Waals surface area contributed by atoms with Crippen LogP contribution in [0.25, 0.3) is 0 Å². The van der Waals surface area contributed by atoms with Crippen LogP contribution in [0, 0.1) is 23.3 Å². The molecule has 0 heterocycles. The van der Waals surface area contributed by atoms with Crippen LogP contribution >= 0.6 is 46.4 Å². The second kappa shape index (κ2) is 25.7. The Bertz CT molecular complexity index is 2510. The summed E-state index contributed by atoms with van der Waals surface area (Å²) in [7, 11) is -2.18. The minimum Gasteiger partial charge on any atom is -0.484 e. The van der Waals surface area contributed by atoms with Gasteiger partial charge in [-0.15, -0.1) is 5.54 Å². The van der Waals surface area contributed by atoms with Crippen molar-refractivity contribution < 1.29 is 38.1 Å². The summed E-state index contributed by atoms with van der Waals surface area (Å²) in [5.74, 6) is 10.8. The molecule has 6 rings (SSSR count). The van der Waals surface area contributed by atoms with Gasteiger partial charge in [0.05, 0.1) is 10.0 Å². The van der Waals surface area contributed by atoms with Gasteiger partial charge in [0.1, 0.15) is 31.1 Å². The summed E-state index contributed by atoms with van der Waals surface area (Å²) in [5, 5.41) is 14.2. The molecule has 4 N–H and O–H groups in total. The fraction of sp³-hybridized carbons (Fsp3) is 0.373. The van der Waals surface area contributed by atoms with Gasteiger partial charge in [-0.05, 0) is 136 Å². The number of benzene rings is 4. The molecule has 17 heteroatoms. The number of nitrogens with one attached hydrogen (secondary N) is 4. The summed E-state index contributed by atoms with van der Waals surface area (Å²) in [6.45, 7) is 3.71. The van der Waals surface area contributed by atoms with Gasteiger partial charge in [-0.2, -0.15) is 0 Å². The van der Waals surface area contributed by atoms with E-state index < -0.39 is 8.07 Å². The number of carbonyl (C=O) groups is 4. The molecular weight excluding hydrogens is 966 g/mol. The molecule has 2 saturated carbocycles. The van der Waals surface area contributed by atoms with Crippen molar-refractivity contribution in [2.75, 3.05) is 26.4 Å². The lowest BCUT2D eigenvalue weighted by molar-refractivity contribution is -0.125. The number of ether oxygens (including phenoxy) is 4. The fourth-order valence-corrected chi connectivity index (χ4v) is 9.19. The van der Waals surface area contributed by atoms with Gasteiger partial charge in [-0.3, -0.25) is 19.2 Å². The Balaban J connectivity index is 0.878. The Morgan fingerprint density at radius 3 is 1.15 bits per heavy atom. The van der Waals surface area contributed by atoms with Gasteiger partial charge in [0.2, 0.25) is 0 Å². The van der Waals surface area contributed by atoms with Crippen molar-refractivity contribution in [3.63, 3.8) is 0 Å². The molecule has 0 radical (unpaired) electrons. The standard InChI is InChI=1S/C51H54Cl4N4O8Si/c1-68(2,27-25-35-29-45(22-24-47(35)55)67-33-51(63)59-41-15-11-39(12-16-41)57-49(61)31-65-43-19-7-37(53)8-20-43)26-3-4-34-28-44(21-23-46(34)54)66-32-50(62)58-40-13-9-38(10-14-40)56-48(60)30-64-42-17-5-36(52)6-18-42/h5-8,17-24,28-29,38-41H,9-16,26,30-33H2,1-2H3,(H,56,60)(H,57,61)(H,58,62)(H,59,63). The van der Waals surface area contributed by atoms with E-state index in [1.165, 1.54) is 0 Å². The third kappa shape index (κ3) is 17.8. The van der Waals surface area contributed by atoms with E-state index >= 15 is 0 Å². The summed E-state index contributed by atoms with van der Waals surface area (Å²) in [6, 6.07) is 24.4. The van der Waals surface area contributed by atoms with E-state index in [1.54, 1.807) is 84.9 Å². The van der Waals surface area contributed by atoms with E-state index in [1.807, 2.05) is 0 Å². The topological polar surface area (TPSA) is 153 Å². The first-order valence-corrected chi connectivity index (χ1v) is 27.2. The normalized spacial score (nSPS) is 17.7. The lowest BCUT2D eigenvalue weighted by Gasteiger charge is -2.29. The highest BCUT2D eigenvalue weighted by Gasteiger charge is 2.26. The first-order chi connectivity index (χ1) is 32.6. The maximum absolute atomic E-state index is 12.8. The van der Waals surface area contributed by atoms with E-state index in [4.69, 9.17) is 65.4 Å². The van der Waals surface area contributed by atoms with Gasteiger partial charge in [0.25, 0.3) is 23.6 Å². The monoisotopic (exact) mass is 1020 g/mol. The SMILES string of the molecule is C[Si](C)(C#Cc1cc(OCC(=O)NC2CCC(NC(=O)COc3ccc(Cl)cc3)CC2)ccc1Cl)CC#Cc1cc(OCC(=O)NC2CCC(NC(=O)COc3ccc(Cl)cc3)CC2)ccc1Cl. The highest BCUT2D eigenvalue weighted by atomic mass is 35.5. The largest absolute Gasteiger partial charge is 0.484 e. The van der Waals surface area contributed by atoms with Gasteiger partial charge in [-0.1, -0.05) is 77.3 Å². The number of carbonyl (C=O) groups excluding carboxylic acids is 4. The van der Waals surface area contributed by atoms with E-state index in [0.717, 1.165) is 51.4 Å². The minimum absolute atomic E-state index is 0.0140. The highest BCUT2D eigenvalue weighted by molar-refractivity contribution is 6.85. The number of hydrogen-bond acceptors (Lipinski definition) is 8. The van der Waals surface area contributed by atoms with Crippen LogP contribution in [0.3, 0.4) is 0 Å². The van der Waals surface area contributed by atoms with Gasteiger partial charge >= 0.3 is 0 Å². The van der Waals surface area contributed by atoms with E-state index in [2.05, 4.69) is 57.7 Å². The molecule has 2 aliphatic carbocycles. The maximum atomic E-state index is 12.8. The van der Waals surface area contributed by atoms with E-state index in [0.29, 0.717) is 60.3 Å². The van der Waals surface area contributed by atoms with Crippen molar-refractivity contribution >= 4 is 78.1 Å². The van der Waals surface area contributed by atoms with Crippen molar-refractivity contribution in [2.45, 2.75) is 94.7 Å². The molecule has 0 unspecified atom stereocenters. The number of rotatable bonds is 17. The van der Waals surface area contributed by atoms with E-state index in [-0.39, 0.29) is 74.2 Å². The second-order valence-electron chi connectivity index (χ2n) is 17.3. The molecule has 0 spiro atoms. The van der Waals surface area contributed by atoms with Crippen molar-refractivity contribution in [2.24, 2.45) is 0 Å². The minimum atomic E-state index is -2.18. The van der Waals surface area contributed by atoms with Gasteiger partial charge in [0.15, 0.2) is 26.4 Å². The van der Waals surface area contributed by atoms with Crippen LogP contribution in [-0.4, -0.2) is 82.3 Å². The fourth-order valence-electron chi connectivity index (χ4n) is 7.52. The Kier molecular flexibility index (Phi) is 19.6. The van der Waals surface area contributed by atoms with Crippen LogP contribution in [0.1, 0.15) is 62.5 Å². The number of amides is 4. The quantitative estimate of drug-likeness (QED) is 0.0605. The van der Waals surface area contributed by atoms with Gasteiger partial charge < -0.3 is 40.2 Å². The molecule has 358 valence electrons. The van der Waals surface area contributed by atoms with Crippen LogP contribution in [0.5, 0.6) is 23.0 Å². The Morgan fingerprint density at radius 1 is 0.485 bits per heavy atom. The Labute approximate surface area is 418 Å². The first-order valence-electron chi connectivity index (χ1n) is 22.5. The summed E-state index contributed by atoms with van der Waals surface area (Å²) in [5.41, 5.74) is 4.56. The zero-order chi connectivity index (χ0) is 48.5. The zero-order valence-electron chi connectivity index (χ0n) is 37.9. The van der Waals surface area contributed by atoms with Crippen molar-refractivity contribution in [3.05, 3.63) is 116 Å². The molecule has 4 aromatic rings. The van der Waals surface area contributed by atoms with Crippen LogP contribution in [0.4, 0.5) is 0 Å². The molecule has 0 saturated heterocycles. The van der Waals surface area contributed by atoms with Gasteiger partial charge in [-0.25, -0.2) is 0 Å². The zero-order valence-corrected chi connectivity index (χ0v) is 41.9. The molecule has 2 aliphatic rings. The third-order valence-corrected chi connectivity index (χ3v) is 14.2. The smallest absolute Gasteiger partial charge is 0.258 e. The molecular formula is C51H54Cl4N4O8Si. The van der Waals surface area contributed by atoms with Crippen molar-refractivity contribution in [3.8, 4) is 46.3 Å². The molecule has 0 atom stereocenters. The van der Waals surface area contributed by atoms with Crippen LogP contribution in [-0.2, 0) is 19.2 Å². The molecule has 68 heavy (non-hydrogen) atoms. The summed E-state index contributed by atoms with van der Waals surface area (Å²) in [4.78, 5) is 50.4. The number of hydrogen-bond donors (Lipinski definition) is 4. The molecule has 0 aromatic heterocycles. The third-order valence-electron chi connectivity index (χ3n) is 11.2. The summed E-state index contributed by atoms with van der Waals surface area (Å²) in [6.07, 6.45) is 5.86. The van der Waals surface area contributed by atoms with Gasteiger partial charge in [0, 0.05) is 51.4 Å². The molecule has 2 fully saturated rings. The second-order valence-corrected chi connectivity index (χ2v) is 23.4. The van der Waals surface area contributed by atoms with Crippen LogP contribution < -0.4 is 40.2 Å². The van der Waals surface area contributed by atoms with E-state index in [9.17, 15) is 19.2 Å². The van der Waals surface area contributed by atoms with Crippen LogP contribution in [0.15, 0.2) is 84.9 Å². The average molecular weight is 1020 g/mol. The predicted octanol–water partition coefficient (Wildman–Crippen LogP) is 8.95. The van der Waals surface area contributed by atoms with Crippen molar-refractivity contribution in [1.29, 1.82) is 0 Å². The highest BCUT2D eigenvalue weighted by Crippen LogP contribution is 2.25. The summed E-state index contributed by atoms with van der Waals surface area (Å²) >= 11 is 24.8. The predicted molar refractivity (Wildman–Crippen MR) is 268 cm³/mol.